The Morgan fingerprint density at radius 3 is 2.73 bits per heavy atom. The summed E-state index contributed by atoms with van der Waals surface area (Å²) in [6, 6.07) is 11.7. The third kappa shape index (κ3) is 2.43. The predicted octanol–water partition coefficient (Wildman–Crippen LogP) is 3.59. The Bertz CT molecular complexity index is 1040. The summed E-state index contributed by atoms with van der Waals surface area (Å²) in [7, 11) is 0. The molecule has 6 nitrogen and oxygen atoms in total. The van der Waals surface area contributed by atoms with E-state index in [1.54, 1.807) is 24.3 Å². The first kappa shape index (κ1) is 16.0. The quantitative estimate of drug-likeness (QED) is 0.752. The number of nitrogens with one attached hydrogen (secondary N) is 1. The molecule has 1 aliphatic rings. The molecule has 2 aromatic heterocycles. The zero-order valence-corrected chi connectivity index (χ0v) is 13.9. The number of allylic oxidation sites excluding steroid dienone is 1. The molecule has 0 radical (unpaired) electrons. The second-order valence-corrected chi connectivity index (χ2v) is 5.91. The Labute approximate surface area is 148 Å². The van der Waals surface area contributed by atoms with Gasteiger partial charge in [-0.25, -0.2) is 4.39 Å². The number of hydrogen-bond acceptors (Lipinski definition) is 5. The zero-order valence-electron chi connectivity index (χ0n) is 13.9. The average molecular weight is 350 g/mol. The maximum Gasteiger partial charge on any atom is 0.244 e. The molecule has 3 aromatic rings. The fourth-order valence-electron chi connectivity index (χ4n) is 3.14. The van der Waals surface area contributed by atoms with Gasteiger partial charge < -0.3 is 14.9 Å². The van der Waals surface area contributed by atoms with Crippen LogP contribution < -0.4 is 10.5 Å². The lowest BCUT2D eigenvalue weighted by molar-refractivity contribution is 0.371. The van der Waals surface area contributed by atoms with E-state index in [1.807, 2.05) is 6.92 Å². The molecule has 1 aromatic carbocycles. The number of aromatic amines is 1. The summed E-state index contributed by atoms with van der Waals surface area (Å²) in [5, 5.41) is 16.7. The SMILES string of the molecule is CCc1[nH]nc2c1[C@@H](c1ccc(-c3ccc(F)cc3)o1)C(C#N)=C(N)O2. The van der Waals surface area contributed by atoms with Crippen molar-refractivity contribution in [3.8, 4) is 23.3 Å². The number of aryl methyl sites for hydroxylation is 1. The molecule has 0 unspecified atom stereocenters. The Hall–Kier alpha value is -3.53. The molecule has 0 fully saturated rings. The summed E-state index contributed by atoms with van der Waals surface area (Å²) in [6.45, 7) is 1.98. The van der Waals surface area contributed by atoms with Gasteiger partial charge in [0.1, 0.15) is 29.0 Å². The lowest BCUT2D eigenvalue weighted by atomic mass is 9.87. The number of benzene rings is 1. The van der Waals surface area contributed by atoms with Gasteiger partial charge in [-0.05, 0) is 42.8 Å². The highest BCUT2D eigenvalue weighted by atomic mass is 19.1. The van der Waals surface area contributed by atoms with Gasteiger partial charge in [-0.3, -0.25) is 5.10 Å². The summed E-state index contributed by atoms with van der Waals surface area (Å²) >= 11 is 0. The fraction of sp³-hybridized carbons (Fsp3) is 0.158. The van der Waals surface area contributed by atoms with Crippen LogP contribution in [0.25, 0.3) is 11.3 Å². The first-order valence-electron chi connectivity index (χ1n) is 8.12. The summed E-state index contributed by atoms with van der Waals surface area (Å²) in [4.78, 5) is 0. The minimum absolute atomic E-state index is 0.0129. The van der Waals surface area contributed by atoms with Gasteiger partial charge >= 0.3 is 0 Å². The molecule has 1 aliphatic heterocycles. The number of ether oxygens (including phenoxy) is 1. The molecule has 3 heterocycles. The average Bonchev–Trinajstić information content (AvgIpc) is 3.28. The number of nitrogens with zero attached hydrogens (tertiary/aromatic N) is 2. The third-order valence-corrected chi connectivity index (χ3v) is 4.41. The molecule has 0 saturated carbocycles. The van der Waals surface area contributed by atoms with Crippen molar-refractivity contribution < 1.29 is 13.5 Å². The van der Waals surface area contributed by atoms with E-state index in [1.165, 1.54) is 12.1 Å². The monoisotopic (exact) mass is 350 g/mol. The van der Waals surface area contributed by atoms with E-state index in [4.69, 9.17) is 14.9 Å². The lowest BCUT2D eigenvalue weighted by Gasteiger charge is -2.21. The zero-order chi connectivity index (χ0) is 18.3. The van der Waals surface area contributed by atoms with Crippen LogP contribution in [0.5, 0.6) is 5.88 Å². The Morgan fingerprint density at radius 2 is 2.04 bits per heavy atom. The van der Waals surface area contributed by atoms with E-state index in [-0.39, 0.29) is 17.3 Å². The third-order valence-electron chi connectivity index (χ3n) is 4.41. The molecule has 0 bridgehead atoms. The van der Waals surface area contributed by atoms with Crippen molar-refractivity contribution in [3.05, 3.63) is 70.7 Å². The van der Waals surface area contributed by atoms with Gasteiger partial charge in [-0.2, -0.15) is 5.26 Å². The first-order valence-corrected chi connectivity index (χ1v) is 8.12. The normalized spacial score (nSPS) is 16.1. The van der Waals surface area contributed by atoms with Crippen molar-refractivity contribution >= 4 is 0 Å². The molecule has 130 valence electrons. The first-order chi connectivity index (χ1) is 12.6. The standard InChI is InChI=1S/C19H15FN4O2/c1-2-13-17-16(12(9-21)18(22)26-19(17)24-23-13)15-8-7-14(25-15)10-3-5-11(20)6-4-10/h3-8,16H,2,22H2,1H3,(H,23,24)/t16-/m1/s1. The number of fused-ring (bicyclic) bond motifs is 1. The topological polar surface area (TPSA) is 101 Å². The minimum atomic E-state index is -0.508. The number of rotatable bonds is 3. The molecule has 7 heteroatoms. The van der Waals surface area contributed by atoms with Gasteiger partial charge in [0.25, 0.3) is 0 Å². The Morgan fingerprint density at radius 1 is 1.27 bits per heavy atom. The smallest absolute Gasteiger partial charge is 0.244 e. The molecule has 1 atom stereocenters. The number of furan rings is 1. The van der Waals surface area contributed by atoms with Crippen LogP contribution in [0.2, 0.25) is 0 Å². The van der Waals surface area contributed by atoms with Crippen molar-refractivity contribution in [3.63, 3.8) is 0 Å². The van der Waals surface area contributed by atoms with Crippen molar-refractivity contribution in [1.82, 2.24) is 10.2 Å². The summed E-state index contributed by atoms with van der Waals surface area (Å²) in [5.41, 5.74) is 8.53. The summed E-state index contributed by atoms with van der Waals surface area (Å²) < 4.78 is 24.6. The number of nitriles is 1. The van der Waals surface area contributed by atoms with Crippen LogP contribution in [0.15, 0.2) is 52.3 Å². The number of halogens is 1. The van der Waals surface area contributed by atoms with Crippen molar-refractivity contribution in [2.45, 2.75) is 19.3 Å². The maximum absolute atomic E-state index is 13.1. The largest absolute Gasteiger partial charge is 0.460 e. The molecule has 0 amide bonds. The summed E-state index contributed by atoms with van der Waals surface area (Å²) in [6.07, 6.45) is 0.687. The number of H-pyrrole nitrogens is 1. The minimum Gasteiger partial charge on any atom is -0.460 e. The summed E-state index contributed by atoms with van der Waals surface area (Å²) in [5.74, 6) is 0.659. The van der Waals surface area contributed by atoms with E-state index in [2.05, 4.69) is 16.3 Å². The molecule has 4 rings (SSSR count). The number of hydrogen-bond donors (Lipinski definition) is 2. The molecular weight excluding hydrogens is 335 g/mol. The molecule has 0 spiro atoms. The number of aromatic nitrogens is 2. The second-order valence-electron chi connectivity index (χ2n) is 5.91. The van der Waals surface area contributed by atoms with Crippen LogP contribution in [-0.4, -0.2) is 10.2 Å². The van der Waals surface area contributed by atoms with Crippen molar-refractivity contribution in [2.75, 3.05) is 0 Å². The molecular formula is C19H15FN4O2. The Kier molecular flexibility index (Phi) is 3.73. The second kappa shape index (κ2) is 6.08. The van der Waals surface area contributed by atoms with Gasteiger partial charge in [-0.15, -0.1) is 5.10 Å². The fourth-order valence-corrected chi connectivity index (χ4v) is 3.14. The molecule has 3 N–H and O–H groups in total. The van der Waals surface area contributed by atoms with Gasteiger partial charge in [0.05, 0.1) is 11.5 Å². The van der Waals surface area contributed by atoms with Crippen LogP contribution in [0.1, 0.15) is 29.9 Å². The predicted molar refractivity (Wildman–Crippen MR) is 91.4 cm³/mol. The highest BCUT2D eigenvalue weighted by molar-refractivity contribution is 5.59. The van der Waals surface area contributed by atoms with Crippen LogP contribution in [0, 0.1) is 17.1 Å². The maximum atomic E-state index is 13.1. The van der Waals surface area contributed by atoms with Crippen LogP contribution in [0.4, 0.5) is 4.39 Å². The van der Waals surface area contributed by atoms with Gasteiger partial charge in [-0.1, -0.05) is 6.92 Å². The highest BCUT2D eigenvalue weighted by Gasteiger charge is 2.36. The molecule has 0 aliphatic carbocycles. The molecule has 26 heavy (non-hydrogen) atoms. The van der Waals surface area contributed by atoms with Crippen LogP contribution in [-0.2, 0) is 6.42 Å². The molecule has 0 saturated heterocycles. The van der Waals surface area contributed by atoms with E-state index < -0.39 is 5.92 Å². The lowest BCUT2D eigenvalue weighted by Crippen LogP contribution is -2.21. The van der Waals surface area contributed by atoms with E-state index >= 15 is 0 Å². The Balaban J connectivity index is 1.83. The van der Waals surface area contributed by atoms with Crippen LogP contribution >= 0.6 is 0 Å². The number of nitrogens with two attached hydrogens (primary N) is 1. The van der Waals surface area contributed by atoms with Gasteiger partial charge in [0.15, 0.2) is 0 Å². The van der Waals surface area contributed by atoms with E-state index in [0.29, 0.717) is 23.8 Å². The van der Waals surface area contributed by atoms with Crippen LogP contribution in [0.3, 0.4) is 0 Å². The van der Waals surface area contributed by atoms with E-state index in [0.717, 1.165) is 16.8 Å². The van der Waals surface area contributed by atoms with Gasteiger partial charge in [0, 0.05) is 11.3 Å². The van der Waals surface area contributed by atoms with Crippen molar-refractivity contribution in [2.24, 2.45) is 5.73 Å². The highest BCUT2D eigenvalue weighted by Crippen LogP contribution is 2.44. The van der Waals surface area contributed by atoms with Crippen molar-refractivity contribution in [1.29, 1.82) is 5.26 Å². The van der Waals surface area contributed by atoms with Gasteiger partial charge in [0.2, 0.25) is 11.8 Å². The van der Waals surface area contributed by atoms with E-state index in [9.17, 15) is 9.65 Å².